The smallest absolute Gasteiger partial charge is 0.122 e. The summed E-state index contributed by atoms with van der Waals surface area (Å²) in [5.41, 5.74) is 8.55. The molecule has 0 atom stereocenters. The number of nitrogens with one attached hydrogen (secondary N) is 2. The predicted molar refractivity (Wildman–Crippen MR) is 63.0 cm³/mol. The molecular weight excluding hydrogens is 204 g/mol. The van der Waals surface area contributed by atoms with Crippen LogP contribution in [0.15, 0.2) is 12.1 Å². The molecule has 0 amide bonds. The summed E-state index contributed by atoms with van der Waals surface area (Å²) in [6.45, 7) is 3.86. The van der Waals surface area contributed by atoms with E-state index in [1.807, 2.05) is 13.0 Å². The van der Waals surface area contributed by atoms with E-state index in [1.54, 1.807) is 14.2 Å². The van der Waals surface area contributed by atoms with Gasteiger partial charge in [-0.3, -0.25) is 10.9 Å². The molecule has 0 aliphatic carbocycles. The van der Waals surface area contributed by atoms with Crippen LogP contribution in [0.25, 0.3) is 0 Å². The van der Waals surface area contributed by atoms with Crippen molar-refractivity contribution in [2.75, 3.05) is 27.3 Å². The van der Waals surface area contributed by atoms with Crippen LogP contribution >= 0.6 is 0 Å². The van der Waals surface area contributed by atoms with Crippen molar-refractivity contribution >= 4 is 0 Å². The van der Waals surface area contributed by atoms with Gasteiger partial charge < -0.3 is 9.47 Å². The average molecular weight is 222 g/mol. The molecular formula is C12H18N2O2. The number of aryl methyl sites for hydroxylation is 1. The number of ether oxygens (including phenoxy) is 2. The second-order valence-electron chi connectivity index (χ2n) is 4.02. The first-order valence-electron chi connectivity index (χ1n) is 5.44. The summed E-state index contributed by atoms with van der Waals surface area (Å²) < 4.78 is 10.8. The Morgan fingerprint density at radius 3 is 2.25 bits per heavy atom. The fourth-order valence-corrected chi connectivity index (χ4v) is 2.08. The van der Waals surface area contributed by atoms with E-state index in [9.17, 15) is 0 Å². The molecule has 1 aromatic rings. The van der Waals surface area contributed by atoms with E-state index in [2.05, 4.69) is 16.9 Å². The van der Waals surface area contributed by atoms with Gasteiger partial charge in [-0.25, -0.2) is 0 Å². The molecule has 1 heterocycles. The van der Waals surface area contributed by atoms with Gasteiger partial charge in [0.25, 0.3) is 0 Å². The van der Waals surface area contributed by atoms with Crippen molar-refractivity contribution in [2.24, 2.45) is 0 Å². The zero-order chi connectivity index (χ0) is 11.5. The van der Waals surface area contributed by atoms with Crippen molar-refractivity contribution in [3.63, 3.8) is 0 Å². The maximum absolute atomic E-state index is 5.43. The van der Waals surface area contributed by atoms with Crippen LogP contribution in [0.4, 0.5) is 0 Å². The van der Waals surface area contributed by atoms with E-state index in [0.29, 0.717) is 5.92 Å². The quantitative estimate of drug-likeness (QED) is 0.806. The van der Waals surface area contributed by atoms with E-state index >= 15 is 0 Å². The molecule has 88 valence electrons. The number of hydrogen-bond acceptors (Lipinski definition) is 4. The lowest BCUT2D eigenvalue weighted by Gasteiger charge is -2.16. The summed E-state index contributed by atoms with van der Waals surface area (Å²) in [6, 6.07) is 4.11. The minimum Gasteiger partial charge on any atom is -0.496 e. The summed E-state index contributed by atoms with van der Waals surface area (Å²) in [7, 11) is 3.41. The van der Waals surface area contributed by atoms with Crippen LogP contribution in [0.5, 0.6) is 11.5 Å². The van der Waals surface area contributed by atoms with Gasteiger partial charge in [0, 0.05) is 24.6 Å². The molecule has 4 heteroatoms. The van der Waals surface area contributed by atoms with Crippen molar-refractivity contribution < 1.29 is 9.47 Å². The van der Waals surface area contributed by atoms with E-state index in [0.717, 1.165) is 30.2 Å². The summed E-state index contributed by atoms with van der Waals surface area (Å²) in [6.07, 6.45) is 0. The molecule has 1 aromatic carbocycles. The van der Waals surface area contributed by atoms with Gasteiger partial charge in [0.1, 0.15) is 11.5 Å². The lowest BCUT2D eigenvalue weighted by atomic mass is 9.97. The minimum atomic E-state index is 0.435. The van der Waals surface area contributed by atoms with Gasteiger partial charge in [-0.15, -0.1) is 0 Å². The summed E-state index contributed by atoms with van der Waals surface area (Å²) in [5.74, 6) is 2.29. The lowest BCUT2D eigenvalue weighted by molar-refractivity contribution is 0.394. The van der Waals surface area contributed by atoms with Crippen LogP contribution in [-0.4, -0.2) is 27.3 Å². The first-order chi connectivity index (χ1) is 7.76. The van der Waals surface area contributed by atoms with Crippen molar-refractivity contribution in [3.05, 3.63) is 23.3 Å². The second-order valence-corrected chi connectivity index (χ2v) is 4.02. The van der Waals surface area contributed by atoms with Gasteiger partial charge in [0.2, 0.25) is 0 Å². The minimum absolute atomic E-state index is 0.435. The Labute approximate surface area is 95.9 Å². The Balaban J connectivity index is 2.40. The third-order valence-corrected chi connectivity index (χ3v) is 3.01. The SMILES string of the molecule is COc1cc(C2CNNC2)c(OC)cc1C. The average Bonchev–Trinajstić information content (AvgIpc) is 2.82. The molecule has 1 saturated heterocycles. The highest BCUT2D eigenvalue weighted by Crippen LogP contribution is 2.33. The Morgan fingerprint density at radius 2 is 1.69 bits per heavy atom. The molecule has 0 aromatic heterocycles. The molecule has 0 saturated carbocycles. The molecule has 2 rings (SSSR count). The van der Waals surface area contributed by atoms with Crippen LogP contribution < -0.4 is 20.3 Å². The monoisotopic (exact) mass is 222 g/mol. The first kappa shape index (κ1) is 11.2. The zero-order valence-corrected chi connectivity index (χ0v) is 9.96. The van der Waals surface area contributed by atoms with Gasteiger partial charge in [-0.1, -0.05) is 0 Å². The van der Waals surface area contributed by atoms with Crippen LogP contribution in [-0.2, 0) is 0 Å². The van der Waals surface area contributed by atoms with Gasteiger partial charge in [0.05, 0.1) is 14.2 Å². The number of hydrogen-bond donors (Lipinski definition) is 2. The summed E-state index contributed by atoms with van der Waals surface area (Å²) in [5, 5.41) is 0. The standard InChI is InChI=1S/C12H18N2O2/c1-8-4-12(16-3)10(5-11(8)15-2)9-6-13-14-7-9/h4-5,9,13-14H,6-7H2,1-3H3. The summed E-state index contributed by atoms with van der Waals surface area (Å²) >= 11 is 0. The van der Waals surface area contributed by atoms with E-state index in [-0.39, 0.29) is 0 Å². The number of hydrazine groups is 1. The summed E-state index contributed by atoms with van der Waals surface area (Å²) in [4.78, 5) is 0. The van der Waals surface area contributed by atoms with Crippen molar-refractivity contribution in [1.82, 2.24) is 10.9 Å². The van der Waals surface area contributed by atoms with E-state index < -0.39 is 0 Å². The zero-order valence-electron chi connectivity index (χ0n) is 9.96. The predicted octanol–water partition coefficient (Wildman–Crippen LogP) is 1.20. The first-order valence-corrected chi connectivity index (χ1v) is 5.44. The van der Waals surface area contributed by atoms with Gasteiger partial charge in [0.15, 0.2) is 0 Å². The van der Waals surface area contributed by atoms with Crippen molar-refractivity contribution in [2.45, 2.75) is 12.8 Å². The van der Waals surface area contributed by atoms with Crippen molar-refractivity contribution in [1.29, 1.82) is 0 Å². The van der Waals surface area contributed by atoms with Crippen LogP contribution in [0, 0.1) is 6.92 Å². The number of methoxy groups -OCH3 is 2. The fraction of sp³-hybridized carbons (Fsp3) is 0.500. The molecule has 16 heavy (non-hydrogen) atoms. The molecule has 1 fully saturated rings. The molecule has 2 N–H and O–H groups in total. The Morgan fingerprint density at radius 1 is 1.06 bits per heavy atom. The number of benzene rings is 1. The van der Waals surface area contributed by atoms with Crippen molar-refractivity contribution in [3.8, 4) is 11.5 Å². The topological polar surface area (TPSA) is 42.5 Å². The molecule has 0 radical (unpaired) electrons. The maximum Gasteiger partial charge on any atom is 0.122 e. The van der Waals surface area contributed by atoms with Crippen LogP contribution in [0.3, 0.4) is 0 Å². The van der Waals surface area contributed by atoms with E-state index in [1.165, 1.54) is 5.56 Å². The lowest BCUT2D eigenvalue weighted by Crippen LogP contribution is -2.21. The highest BCUT2D eigenvalue weighted by molar-refractivity contribution is 5.48. The Hall–Kier alpha value is -1.26. The maximum atomic E-state index is 5.43. The molecule has 1 aliphatic heterocycles. The van der Waals surface area contributed by atoms with Gasteiger partial charge in [-0.05, 0) is 24.6 Å². The van der Waals surface area contributed by atoms with E-state index in [4.69, 9.17) is 9.47 Å². The normalized spacial score (nSPS) is 16.4. The third-order valence-electron chi connectivity index (χ3n) is 3.01. The Kier molecular flexibility index (Phi) is 3.31. The molecule has 0 unspecified atom stereocenters. The Bertz CT molecular complexity index is 374. The molecule has 0 spiro atoms. The fourth-order valence-electron chi connectivity index (χ4n) is 2.08. The second kappa shape index (κ2) is 4.72. The van der Waals surface area contributed by atoms with Gasteiger partial charge >= 0.3 is 0 Å². The molecule has 1 aliphatic rings. The highest BCUT2D eigenvalue weighted by Gasteiger charge is 2.21. The van der Waals surface area contributed by atoms with Crippen LogP contribution in [0.1, 0.15) is 17.0 Å². The van der Waals surface area contributed by atoms with Gasteiger partial charge in [-0.2, -0.15) is 0 Å². The molecule has 4 nitrogen and oxygen atoms in total. The highest BCUT2D eigenvalue weighted by atomic mass is 16.5. The third kappa shape index (κ3) is 1.99. The van der Waals surface area contributed by atoms with Crippen LogP contribution in [0.2, 0.25) is 0 Å². The number of rotatable bonds is 3. The largest absolute Gasteiger partial charge is 0.496 e. The molecule has 0 bridgehead atoms.